The third-order valence-corrected chi connectivity index (χ3v) is 6.40. The first-order chi connectivity index (χ1) is 17.5. The number of hydrogen-bond donors (Lipinski definition) is 2. The molecule has 1 aliphatic rings. The van der Waals surface area contributed by atoms with Gasteiger partial charge in [0.25, 0.3) is 5.91 Å². The van der Waals surface area contributed by atoms with Gasteiger partial charge in [0.1, 0.15) is 11.6 Å². The number of methoxy groups -OCH3 is 1. The molecule has 4 rings (SSSR count). The SMILES string of the molecule is COC(C)(C(=O)NCc1ccc(Cl)c(-c2nc(-c3ccc(OCC4CC4)cc3)nc(=O)[nH]2)c1)C(F)(F)F. The summed E-state index contributed by atoms with van der Waals surface area (Å²) in [5.41, 5.74) is -2.36. The molecule has 2 N–H and O–H groups in total. The van der Waals surface area contributed by atoms with Crippen molar-refractivity contribution in [3.8, 4) is 28.5 Å². The molecule has 1 amide bonds. The number of nitrogens with one attached hydrogen (secondary N) is 2. The maximum absolute atomic E-state index is 13.3. The number of benzene rings is 2. The Balaban J connectivity index is 1.54. The monoisotopic (exact) mass is 536 g/mol. The fraction of sp³-hybridized carbons (Fsp3) is 0.360. The molecule has 0 radical (unpaired) electrons. The number of H-pyrrole nitrogens is 1. The summed E-state index contributed by atoms with van der Waals surface area (Å²) in [6.45, 7) is 1.07. The van der Waals surface area contributed by atoms with Gasteiger partial charge in [-0.2, -0.15) is 18.2 Å². The lowest BCUT2D eigenvalue weighted by Crippen LogP contribution is -2.55. The van der Waals surface area contributed by atoms with Gasteiger partial charge in [-0.15, -0.1) is 0 Å². The first-order valence-corrected chi connectivity index (χ1v) is 11.8. The number of halogens is 4. The second kappa shape index (κ2) is 10.5. The summed E-state index contributed by atoms with van der Waals surface area (Å²) in [7, 11) is 0.811. The number of carbonyl (C=O) groups excluding carboxylic acids is 1. The van der Waals surface area contributed by atoms with Crippen LogP contribution in [-0.2, 0) is 16.1 Å². The second-order valence-electron chi connectivity index (χ2n) is 8.84. The predicted octanol–water partition coefficient (Wildman–Crippen LogP) is 4.52. The fourth-order valence-corrected chi connectivity index (χ4v) is 3.60. The van der Waals surface area contributed by atoms with Crippen LogP contribution in [0.1, 0.15) is 25.3 Å². The van der Waals surface area contributed by atoms with Crippen LogP contribution in [0.15, 0.2) is 47.3 Å². The molecule has 1 unspecified atom stereocenters. The van der Waals surface area contributed by atoms with E-state index in [0.717, 1.165) is 7.11 Å². The van der Waals surface area contributed by atoms with E-state index in [4.69, 9.17) is 16.3 Å². The molecule has 0 bridgehead atoms. The molecule has 37 heavy (non-hydrogen) atoms. The van der Waals surface area contributed by atoms with Gasteiger partial charge in [0.2, 0.25) is 5.60 Å². The van der Waals surface area contributed by atoms with Crippen molar-refractivity contribution < 1.29 is 27.4 Å². The summed E-state index contributed by atoms with van der Waals surface area (Å²) >= 11 is 6.33. The molecule has 0 saturated heterocycles. The average molecular weight is 537 g/mol. The largest absolute Gasteiger partial charge is 0.493 e. The number of aromatic nitrogens is 3. The second-order valence-corrected chi connectivity index (χ2v) is 9.24. The Hall–Kier alpha value is -3.44. The van der Waals surface area contributed by atoms with E-state index in [1.807, 2.05) is 0 Å². The van der Waals surface area contributed by atoms with Crippen molar-refractivity contribution >= 4 is 17.5 Å². The normalized spacial score (nSPS) is 15.2. The van der Waals surface area contributed by atoms with Gasteiger partial charge >= 0.3 is 11.9 Å². The standard InChI is InChI=1S/C25H24ClF3N4O4/c1-24(36-2,25(27,28)29)22(34)30-12-15-5-10-19(26)18(11-15)21-31-20(32-23(35)33-21)16-6-8-17(9-7-16)37-13-14-3-4-14/h5-11,14H,3-4,12-13H2,1-2H3,(H,30,34)(H,31,32,33,35). The highest BCUT2D eigenvalue weighted by Crippen LogP contribution is 2.33. The van der Waals surface area contributed by atoms with Gasteiger partial charge < -0.3 is 14.8 Å². The lowest BCUT2D eigenvalue weighted by Gasteiger charge is -2.29. The van der Waals surface area contributed by atoms with Crippen LogP contribution < -0.4 is 15.7 Å². The molecule has 1 saturated carbocycles. The van der Waals surface area contributed by atoms with Crippen molar-refractivity contribution in [3.05, 3.63) is 63.5 Å². The summed E-state index contributed by atoms with van der Waals surface area (Å²) < 4.78 is 50.0. The van der Waals surface area contributed by atoms with Crippen molar-refractivity contribution in [1.82, 2.24) is 20.3 Å². The van der Waals surface area contributed by atoms with Gasteiger partial charge in [-0.1, -0.05) is 17.7 Å². The van der Waals surface area contributed by atoms with E-state index in [-0.39, 0.29) is 23.2 Å². The summed E-state index contributed by atoms with van der Waals surface area (Å²) in [5, 5.41) is 2.46. The van der Waals surface area contributed by atoms with E-state index in [1.165, 1.54) is 31.0 Å². The van der Waals surface area contributed by atoms with Gasteiger partial charge in [0, 0.05) is 24.8 Å². The molecule has 12 heteroatoms. The quantitative estimate of drug-likeness (QED) is 0.416. The van der Waals surface area contributed by atoms with E-state index in [0.29, 0.717) is 41.9 Å². The fourth-order valence-electron chi connectivity index (χ4n) is 3.39. The van der Waals surface area contributed by atoms with Crippen LogP contribution in [-0.4, -0.2) is 46.4 Å². The highest BCUT2D eigenvalue weighted by molar-refractivity contribution is 6.33. The minimum Gasteiger partial charge on any atom is -0.493 e. The van der Waals surface area contributed by atoms with Crippen molar-refractivity contribution in [1.29, 1.82) is 0 Å². The van der Waals surface area contributed by atoms with Gasteiger partial charge in [0.05, 0.1) is 11.6 Å². The van der Waals surface area contributed by atoms with Crippen LogP contribution in [0.5, 0.6) is 5.75 Å². The molecule has 1 atom stereocenters. The van der Waals surface area contributed by atoms with Crippen molar-refractivity contribution in [2.45, 2.75) is 38.1 Å². The number of nitrogens with zero attached hydrogens (tertiary/aromatic N) is 2. The molecular formula is C25H24ClF3N4O4. The number of ether oxygens (including phenoxy) is 2. The zero-order valence-corrected chi connectivity index (χ0v) is 20.7. The Kier molecular flexibility index (Phi) is 7.56. The Labute approximate surface area is 215 Å². The number of rotatable bonds is 9. The van der Waals surface area contributed by atoms with Crippen LogP contribution in [0.25, 0.3) is 22.8 Å². The Bertz CT molecular complexity index is 1340. The molecule has 8 nitrogen and oxygen atoms in total. The number of alkyl halides is 3. The zero-order valence-electron chi connectivity index (χ0n) is 20.0. The van der Waals surface area contributed by atoms with E-state index in [1.54, 1.807) is 24.3 Å². The lowest BCUT2D eigenvalue weighted by atomic mass is 10.0. The summed E-state index contributed by atoms with van der Waals surface area (Å²) in [4.78, 5) is 35.4. The van der Waals surface area contributed by atoms with Gasteiger partial charge in [-0.25, -0.2) is 9.78 Å². The van der Waals surface area contributed by atoms with Gasteiger partial charge in [0.15, 0.2) is 5.82 Å². The Morgan fingerprint density at radius 2 is 1.86 bits per heavy atom. The topological polar surface area (TPSA) is 106 Å². The maximum atomic E-state index is 13.3. The Morgan fingerprint density at radius 3 is 2.49 bits per heavy atom. The number of amides is 1. The van der Waals surface area contributed by atoms with E-state index in [2.05, 4.69) is 25.0 Å². The molecule has 1 fully saturated rings. The minimum absolute atomic E-state index is 0.110. The lowest BCUT2D eigenvalue weighted by molar-refractivity contribution is -0.253. The summed E-state index contributed by atoms with van der Waals surface area (Å²) in [6, 6.07) is 11.6. The van der Waals surface area contributed by atoms with E-state index in [9.17, 15) is 22.8 Å². The molecular weight excluding hydrogens is 513 g/mol. The molecule has 1 heterocycles. The third kappa shape index (κ3) is 6.11. The van der Waals surface area contributed by atoms with Crippen LogP contribution in [0.2, 0.25) is 5.02 Å². The van der Waals surface area contributed by atoms with Gasteiger partial charge in [-0.05, 0) is 67.6 Å². The minimum atomic E-state index is -4.91. The van der Waals surface area contributed by atoms with Crippen LogP contribution in [0.4, 0.5) is 13.2 Å². The highest BCUT2D eigenvalue weighted by atomic mass is 35.5. The highest BCUT2D eigenvalue weighted by Gasteiger charge is 2.57. The first-order valence-electron chi connectivity index (χ1n) is 11.4. The smallest absolute Gasteiger partial charge is 0.426 e. The van der Waals surface area contributed by atoms with E-state index < -0.39 is 23.4 Å². The predicted molar refractivity (Wildman–Crippen MR) is 130 cm³/mol. The summed E-state index contributed by atoms with van der Waals surface area (Å²) in [6.07, 6.45) is -2.55. The number of carbonyl (C=O) groups is 1. The molecule has 3 aromatic rings. The molecule has 0 spiro atoms. The molecule has 1 aromatic heterocycles. The van der Waals surface area contributed by atoms with Crippen molar-refractivity contribution in [2.75, 3.05) is 13.7 Å². The molecule has 2 aromatic carbocycles. The summed E-state index contributed by atoms with van der Waals surface area (Å²) in [5.74, 6) is 0.235. The van der Waals surface area contributed by atoms with Crippen LogP contribution in [0.3, 0.4) is 0 Å². The molecule has 1 aliphatic carbocycles. The third-order valence-electron chi connectivity index (χ3n) is 6.07. The van der Waals surface area contributed by atoms with Crippen LogP contribution in [0, 0.1) is 5.92 Å². The first kappa shape index (κ1) is 26.6. The molecule has 0 aliphatic heterocycles. The molecule has 196 valence electrons. The van der Waals surface area contributed by atoms with E-state index >= 15 is 0 Å². The zero-order chi connectivity index (χ0) is 26.8. The van der Waals surface area contributed by atoms with Crippen molar-refractivity contribution in [2.24, 2.45) is 5.92 Å². The maximum Gasteiger partial charge on any atom is 0.426 e. The van der Waals surface area contributed by atoms with Crippen LogP contribution >= 0.6 is 11.6 Å². The van der Waals surface area contributed by atoms with Gasteiger partial charge in [-0.3, -0.25) is 9.78 Å². The average Bonchev–Trinajstić information content (AvgIpc) is 3.70. The number of hydrogen-bond acceptors (Lipinski definition) is 6. The number of aromatic amines is 1. The Morgan fingerprint density at radius 1 is 1.16 bits per heavy atom. The van der Waals surface area contributed by atoms with Crippen molar-refractivity contribution in [3.63, 3.8) is 0 Å².